The third-order valence-corrected chi connectivity index (χ3v) is 5.39. The Kier molecular flexibility index (Phi) is 9.51. The van der Waals surface area contributed by atoms with Gasteiger partial charge in [0.05, 0.1) is 26.4 Å². The molecular formula is C26H34N4O5. The van der Waals surface area contributed by atoms with E-state index in [-0.39, 0.29) is 11.9 Å². The lowest BCUT2D eigenvalue weighted by Crippen LogP contribution is -2.43. The van der Waals surface area contributed by atoms with Crippen LogP contribution in [0.25, 0.3) is 0 Å². The monoisotopic (exact) mass is 482 g/mol. The SMILES string of the molecule is CCOc1cc(C2CC=CN(C(=O)c3ccc(NC(=O)OCCCN(C)C)cc3)N2)ccc1OC. The quantitative estimate of drug-likeness (QED) is 0.491. The summed E-state index contributed by atoms with van der Waals surface area (Å²) in [5.41, 5.74) is 5.29. The minimum Gasteiger partial charge on any atom is -0.493 e. The summed E-state index contributed by atoms with van der Waals surface area (Å²) in [6.45, 7) is 3.64. The van der Waals surface area contributed by atoms with Gasteiger partial charge in [0.2, 0.25) is 0 Å². The summed E-state index contributed by atoms with van der Waals surface area (Å²) in [5, 5.41) is 4.15. The molecule has 0 saturated heterocycles. The Balaban J connectivity index is 1.58. The van der Waals surface area contributed by atoms with Crippen LogP contribution in [-0.2, 0) is 4.74 Å². The van der Waals surface area contributed by atoms with Crippen molar-refractivity contribution in [3.05, 3.63) is 65.9 Å². The number of carbonyl (C=O) groups excluding carboxylic acids is 2. The standard InChI is InChI=1S/C26H34N4O5/c1-5-34-24-18-20(11-14-23(24)33-4)22-8-6-16-30(28-22)25(31)19-9-12-21(13-10-19)27-26(32)35-17-7-15-29(2)3/h6,9-14,16,18,22,28H,5,7-8,15,17H2,1-4H3,(H,27,32). The van der Waals surface area contributed by atoms with Crippen molar-refractivity contribution in [2.75, 3.05) is 46.3 Å². The second-order valence-electron chi connectivity index (χ2n) is 8.32. The van der Waals surface area contributed by atoms with Crippen molar-refractivity contribution in [2.24, 2.45) is 0 Å². The predicted octanol–water partition coefficient (Wildman–Crippen LogP) is 4.20. The molecule has 1 aliphatic rings. The Bertz CT molecular complexity index is 1020. The lowest BCUT2D eigenvalue weighted by Gasteiger charge is -2.30. The second kappa shape index (κ2) is 12.8. The number of methoxy groups -OCH3 is 1. The van der Waals surface area contributed by atoms with Gasteiger partial charge in [0.15, 0.2) is 11.5 Å². The van der Waals surface area contributed by atoms with Gasteiger partial charge in [-0.2, -0.15) is 0 Å². The molecule has 0 fully saturated rings. The zero-order valence-corrected chi connectivity index (χ0v) is 20.7. The van der Waals surface area contributed by atoms with Crippen LogP contribution in [0.3, 0.4) is 0 Å². The summed E-state index contributed by atoms with van der Waals surface area (Å²) in [6.07, 6.45) is 4.64. The summed E-state index contributed by atoms with van der Waals surface area (Å²) in [7, 11) is 5.54. The van der Waals surface area contributed by atoms with Crippen LogP contribution in [0.4, 0.5) is 10.5 Å². The normalized spacial score (nSPS) is 15.1. The summed E-state index contributed by atoms with van der Waals surface area (Å²) < 4.78 is 16.2. The molecule has 2 aromatic carbocycles. The molecule has 0 aliphatic carbocycles. The van der Waals surface area contributed by atoms with Crippen LogP contribution < -0.4 is 20.2 Å². The first-order valence-electron chi connectivity index (χ1n) is 11.7. The topological polar surface area (TPSA) is 92.4 Å². The number of rotatable bonds is 10. The number of amides is 2. The lowest BCUT2D eigenvalue weighted by atomic mass is 10.0. The van der Waals surface area contributed by atoms with Gasteiger partial charge in [0, 0.05) is 24.0 Å². The van der Waals surface area contributed by atoms with E-state index in [1.54, 1.807) is 37.6 Å². The van der Waals surface area contributed by atoms with E-state index in [0.29, 0.717) is 36.0 Å². The molecule has 1 aliphatic heterocycles. The number of benzene rings is 2. The third-order valence-electron chi connectivity index (χ3n) is 5.39. The molecule has 1 unspecified atom stereocenters. The number of hydrazine groups is 1. The summed E-state index contributed by atoms with van der Waals surface area (Å²) in [4.78, 5) is 27.0. The van der Waals surface area contributed by atoms with Crippen LogP contribution in [0.5, 0.6) is 11.5 Å². The molecule has 0 spiro atoms. The Morgan fingerprint density at radius 3 is 2.60 bits per heavy atom. The molecule has 3 rings (SSSR count). The maximum atomic E-state index is 13.1. The highest BCUT2D eigenvalue weighted by Gasteiger charge is 2.23. The van der Waals surface area contributed by atoms with E-state index >= 15 is 0 Å². The Morgan fingerprint density at radius 2 is 1.91 bits per heavy atom. The fourth-order valence-corrected chi connectivity index (χ4v) is 3.62. The van der Waals surface area contributed by atoms with Crippen molar-refractivity contribution in [2.45, 2.75) is 25.8 Å². The molecule has 2 amide bonds. The molecule has 1 heterocycles. The summed E-state index contributed by atoms with van der Waals surface area (Å²) >= 11 is 0. The molecule has 9 nitrogen and oxygen atoms in total. The van der Waals surface area contributed by atoms with E-state index in [1.807, 2.05) is 50.2 Å². The van der Waals surface area contributed by atoms with Gasteiger partial charge in [0.1, 0.15) is 0 Å². The third kappa shape index (κ3) is 7.46. The lowest BCUT2D eigenvalue weighted by molar-refractivity contribution is 0.0713. The van der Waals surface area contributed by atoms with E-state index in [9.17, 15) is 9.59 Å². The van der Waals surface area contributed by atoms with Gasteiger partial charge in [-0.3, -0.25) is 10.1 Å². The first-order valence-corrected chi connectivity index (χ1v) is 11.7. The smallest absolute Gasteiger partial charge is 0.411 e. The van der Waals surface area contributed by atoms with Crippen LogP contribution in [0.1, 0.15) is 41.7 Å². The molecule has 0 bridgehead atoms. The molecular weight excluding hydrogens is 448 g/mol. The molecule has 2 aromatic rings. The molecule has 9 heteroatoms. The molecule has 0 radical (unpaired) electrons. The Morgan fingerprint density at radius 1 is 1.14 bits per heavy atom. The Labute approximate surface area is 206 Å². The van der Waals surface area contributed by atoms with E-state index in [4.69, 9.17) is 14.2 Å². The van der Waals surface area contributed by atoms with Gasteiger partial charge >= 0.3 is 6.09 Å². The number of anilines is 1. The van der Waals surface area contributed by atoms with Gasteiger partial charge in [-0.05, 0) is 75.8 Å². The molecule has 2 N–H and O–H groups in total. The number of hydrogen-bond acceptors (Lipinski definition) is 7. The van der Waals surface area contributed by atoms with E-state index in [0.717, 1.165) is 24.9 Å². The van der Waals surface area contributed by atoms with Crippen molar-refractivity contribution < 1.29 is 23.8 Å². The van der Waals surface area contributed by atoms with Crippen LogP contribution in [0.15, 0.2) is 54.7 Å². The first-order chi connectivity index (χ1) is 16.9. The van der Waals surface area contributed by atoms with Crippen molar-refractivity contribution in [3.8, 4) is 11.5 Å². The Hall–Kier alpha value is -3.56. The first kappa shape index (κ1) is 26.1. The van der Waals surface area contributed by atoms with Gasteiger partial charge in [0.25, 0.3) is 5.91 Å². The molecule has 0 saturated carbocycles. The van der Waals surface area contributed by atoms with Gasteiger partial charge in [-0.25, -0.2) is 15.2 Å². The molecule has 188 valence electrons. The van der Waals surface area contributed by atoms with Crippen molar-refractivity contribution >= 4 is 17.7 Å². The van der Waals surface area contributed by atoms with Crippen LogP contribution in [-0.4, -0.2) is 62.9 Å². The minimum atomic E-state index is -0.516. The maximum Gasteiger partial charge on any atom is 0.411 e. The van der Waals surface area contributed by atoms with E-state index < -0.39 is 6.09 Å². The number of ether oxygens (including phenoxy) is 3. The second-order valence-corrected chi connectivity index (χ2v) is 8.32. The fourth-order valence-electron chi connectivity index (χ4n) is 3.62. The van der Waals surface area contributed by atoms with Crippen LogP contribution in [0, 0.1) is 0 Å². The largest absolute Gasteiger partial charge is 0.493 e. The van der Waals surface area contributed by atoms with Crippen LogP contribution in [0.2, 0.25) is 0 Å². The zero-order chi connectivity index (χ0) is 25.2. The molecule has 1 atom stereocenters. The fraction of sp³-hybridized carbons (Fsp3) is 0.385. The van der Waals surface area contributed by atoms with Crippen molar-refractivity contribution in [1.82, 2.24) is 15.3 Å². The van der Waals surface area contributed by atoms with Gasteiger partial charge in [-0.15, -0.1) is 0 Å². The van der Waals surface area contributed by atoms with E-state index in [2.05, 4.69) is 10.7 Å². The summed E-state index contributed by atoms with van der Waals surface area (Å²) in [5.74, 6) is 1.13. The number of nitrogens with zero attached hydrogens (tertiary/aromatic N) is 2. The maximum absolute atomic E-state index is 13.1. The van der Waals surface area contributed by atoms with Gasteiger partial charge < -0.3 is 19.1 Å². The van der Waals surface area contributed by atoms with Crippen molar-refractivity contribution in [1.29, 1.82) is 0 Å². The number of hydrogen-bond donors (Lipinski definition) is 2. The summed E-state index contributed by atoms with van der Waals surface area (Å²) in [6, 6.07) is 12.4. The molecule has 0 aromatic heterocycles. The van der Waals surface area contributed by atoms with Crippen LogP contribution >= 0.6 is 0 Å². The highest BCUT2D eigenvalue weighted by atomic mass is 16.5. The number of nitrogens with one attached hydrogen (secondary N) is 2. The van der Waals surface area contributed by atoms with Gasteiger partial charge in [-0.1, -0.05) is 12.1 Å². The number of carbonyl (C=O) groups is 2. The highest BCUT2D eigenvalue weighted by Crippen LogP contribution is 2.32. The average molecular weight is 483 g/mol. The van der Waals surface area contributed by atoms with Crippen molar-refractivity contribution in [3.63, 3.8) is 0 Å². The molecule has 35 heavy (non-hydrogen) atoms. The zero-order valence-electron chi connectivity index (χ0n) is 20.7. The predicted molar refractivity (Wildman–Crippen MR) is 135 cm³/mol. The van der Waals surface area contributed by atoms with E-state index in [1.165, 1.54) is 5.01 Å². The highest BCUT2D eigenvalue weighted by molar-refractivity contribution is 5.95. The minimum absolute atomic E-state index is 0.0998. The average Bonchev–Trinajstić information content (AvgIpc) is 2.87.